The first-order valence-corrected chi connectivity index (χ1v) is 6.77. The van der Waals surface area contributed by atoms with Crippen molar-refractivity contribution in [2.75, 3.05) is 12.4 Å². The lowest BCUT2D eigenvalue weighted by Crippen LogP contribution is -2.18. The van der Waals surface area contributed by atoms with Crippen molar-refractivity contribution in [3.05, 3.63) is 58.6 Å². The van der Waals surface area contributed by atoms with E-state index in [0.29, 0.717) is 21.8 Å². The third kappa shape index (κ3) is 3.70. The van der Waals surface area contributed by atoms with Crippen molar-refractivity contribution in [2.24, 2.45) is 0 Å². The Balaban J connectivity index is 2.24. The van der Waals surface area contributed by atoms with Gasteiger partial charge in [-0.3, -0.25) is 9.78 Å². The van der Waals surface area contributed by atoms with Crippen LogP contribution in [-0.2, 0) is 0 Å². The summed E-state index contributed by atoms with van der Waals surface area (Å²) in [4.78, 5) is 15.5. The van der Waals surface area contributed by atoms with E-state index in [-0.39, 0.29) is 11.9 Å². The molecule has 0 aliphatic carbocycles. The lowest BCUT2D eigenvalue weighted by Gasteiger charge is -2.17. The number of carbonyl (C=O) groups excluding carboxylic acids is 1. The van der Waals surface area contributed by atoms with Crippen LogP contribution in [0.15, 0.2) is 36.7 Å². The molecule has 1 aromatic heterocycles. The zero-order chi connectivity index (χ0) is 15.4. The zero-order valence-corrected chi connectivity index (χ0v) is 12.4. The Morgan fingerprint density at radius 3 is 2.76 bits per heavy atom. The highest BCUT2D eigenvalue weighted by atomic mass is 35.5. The molecule has 0 radical (unpaired) electrons. The van der Waals surface area contributed by atoms with Gasteiger partial charge < -0.3 is 10.6 Å². The van der Waals surface area contributed by atoms with Crippen molar-refractivity contribution < 1.29 is 9.18 Å². The highest BCUT2D eigenvalue weighted by molar-refractivity contribution is 6.33. The Morgan fingerprint density at radius 2 is 2.10 bits per heavy atom. The van der Waals surface area contributed by atoms with Crippen LogP contribution in [0.4, 0.5) is 10.1 Å². The minimum atomic E-state index is -0.397. The monoisotopic (exact) mass is 307 g/mol. The van der Waals surface area contributed by atoms with Gasteiger partial charge in [0.15, 0.2) is 0 Å². The van der Waals surface area contributed by atoms with E-state index in [1.54, 1.807) is 31.4 Å². The zero-order valence-electron chi connectivity index (χ0n) is 11.7. The molecule has 4 nitrogen and oxygen atoms in total. The molecule has 2 aromatic rings. The average molecular weight is 308 g/mol. The second-order valence-corrected chi connectivity index (χ2v) is 4.98. The number of aromatic nitrogens is 1. The van der Waals surface area contributed by atoms with Crippen molar-refractivity contribution in [1.29, 1.82) is 0 Å². The van der Waals surface area contributed by atoms with Gasteiger partial charge >= 0.3 is 0 Å². The van der Waals surface area contributed by atoms with Gasteiger partial charge in [0.1, 0.15) is 5.82 Å². The second kappa shape index (κ2) is 6.54. The van der Waals surface area contributed by atoms with Gasteiger partial charge in [0.2, 0.25) is 0 Å². The molecule has 0 spiro atoms. The van der Waals surface area contributed by atoms with Gasteiger partial charge in [-0.1, -0.05) is 11.6 Å². The summed E-state index contributed by atoms with van der Waals surface area (Å²) in [6.07, 6.45) is 2.73. The van der Waals surface area contributed by atoms with Crippen LogP contribution in [0.5, 0.6) is 0 Å². The fourth-order valence-corrected chi connectivity index (χ4v) is 2.08. The molecule has 110 valence electrons. The fraction of sp³-hybridized carbons (Fsp3) is 0.200. The first-order chi connectivity index (χ1) is 10.0. The predicted molar refractivity (Wildman–Crippen MR) is 81.1 cm³/mol. The van der Waals surface area contributed by atoms with Gasteiger partial charge in [-0.2, -0.15) is 0 Å². The van der Waals surface area contributed by atoms with Crippen molar-refractivity contribution in [3.8, 4) is 0 Å². The Bertz CT molecular complexity index is 663. The summed E-state index contributed by atoms with van der Waals surface area (Å²) < 4.78 is 13.2. The van der Waals surface area contributed by atoms with Crippen molar-refractivity contribution in [1.82, 2.24) is 10.3 Å². The van der Waals surface area contributed by atoms with Crippen LogP contribution in [0.1, 0.15) is 28.9 Å². The first-order valence-electron chi connectivity index (χ1n) is 6.40. The van der Waals surface area contributed by atoms with E-state index in [2.05, 4.69) is 15.6 Å². The summed E-state index contributed by atoms with van der Waals surface area (Å²) in [7, 11) is 1.56. The Morgan fingerprint density at radius 1 is 1.33 bits per heavy atom. The third-order valence-electron chi connectivity index (χ3n) is 3.05. The van der Waals surface area contributed by atoms with E-state index in [1.807, 2.05) is 6.92 Å². The number of rotatable bonds is 4. The van der Waals surface area contributed by atoms with Gasteiger partial charge in [0.05, 0.1) is 22.9 Å². The maximum atomic E-state index is 13.2. The molecule has 0 aliphatic heterocycles. The summed E-state index contributed by atoms with van der Waals surface area (Å²) in [5.74, 6) is -0.596. The molecule has 2 N–H and O–H groups in total. The molecule has 1 heterocycles. The Kier molecular flexibility index (Phi) is 4.75. The van der Waals surface area contributed by atoms with E-state index >= 15 is 0 Å². The molecule has 0 bridgehead atoms. The van der Waals surface area contributed by atoms with Crippen LogP contribution in [0, 0.1) is 5.82 Å². The van der Waals surface area contributed by atoms with Crippen LogP contribution < -0.4 is 10.6 Å². The van der Waals surface area contributed by atoms with Crippen LogP contribution in [0.25, 0.3) is 0 Å². The van der Waals surface area contributed by atoms with Crippen LogP contribution in [0.3, 0.4) is 0 Å². The highest BCUT2D eigenvalue weighted by Gasteiger charge is 2.11. The maximum Gasteiger partial charge on any atom is 0.251 e. The molecule has 1 aromatic carbocycles. The van der Waals surface area contributed by atoms with Gasteiger partial charge in [-0.15, -0.1) is 0 Å². The number of benzene rings is 1. The van der Waals surface area contributed by atoms with E-state index in [0.717, 1.165) is 6.20 Å². The summed E-state index contributed by atoms with van der Waals surface area (Å²) in [5.41, 5.74) is 1.79. The topological polar surface area (TPSA) is 54.0 Å². The number of nitrogens with one attached hydrogen (secondary N) is 2. The normalized spacial score (nSPS) is 11.8. The minimum absolute atomic E-state index is 0.199. The maximum absolute atomic E-state index is 13.2. The number of carbonyl (C=O) groups is 1. The molecule has 1 unspecified atom stereocenters. The van der Waals surface area contributed by atoms with Crippen LogP contribution in [-0.4, -0.2) is 17.9 Å². The molecule has 0 fully saturated rings. The fourth-order valence-electron chi connectivity index (χ4n) is 1.90. The number of halogens is 2. The van der Waals surface area contributed by atoms with Gasteiger partial charge in [-0.25, -0.2) is 4.39 Å². The number of anilines is 1. The van der Waals surface area contributed by atoms with Gasteiger partial charge in [0.25, 0.3) is 5.91 Å². The van der Waals surface area contributed by atoms with E-state index in [1.165, 1.54) is 6.07 Å². The van der Waals surface area contributed by atoms with Crippen molar-refractivity contribution in [3.63, 3.8) is 0 Å². The van der Waals surface area contributed by atoms with Crippen LogP contribution in [0.2, 0.25) is 5.02 Å². The lowest BCUT2D eigenvalue weighted by molar-refractivity contribution is 0.0963. The molecule has 1 amide bonds. The van der Waals surface area contributed by atoms with E-state index < -0.39 is 5.82 Å². The second-order valence-electron chi connectivity index (χ2n) is 4.58. The number of pyridine rings is 1. The quantitative estimate of drug-likeness (QED) is 0.910. The SMILES string of the molecule is CNC(=O)c1ccc(Cl)c(NC(C)c2cncc(F)c2)c1. The summed E-state index contributed by atoms with van der Waals surface area (Å²) in [5, 5.41) is 6.19. The summed E-state index contributed by atoms with van der Waals surface area (Å²) >= 11 is 6.12. The number of hydrogen-bond acceptors (Lipinski definition) is 3. The predicted octanol–water partition coefficient (Wildman–Crippen LogP) is 3.41. The lowest BCUT2D eigenvalue weighted by atomic mass is 10.1. The first kappa shape index (κ1) is 15.3. The molecule has 0 saturated heterocycles. The van der Waals surface area contributed by atoms with E-state index in [4.69, 9.17) is 11.6 Å². The van der Waals surface area contributed by atoms with Crippen LogP contribution >= 0.6 is 11.6 Å². The molecule has 21 heavy (non-hydrogen) atoms. The molecule has 6 heteroatoms. The van der Waals surface area contributed by atoms with Gasteiger partial charge in [0, 0.05) is 18.8 Å². The van der Waals surface area contributed by atoms with Gasteiger partial charge in [-0.05, 0) is 36.8 Å². The third-order valence-corrected chi connectivity index (χ3v) is 3.38. The molecule has 2 rings (SSSR count). The largest absolute Gasteiger partial charge is 0.377 e. The Hall–Kier alpha value is -2.14. The molecular formula is C15H15ClFN3O. The number of amides is 1. The number of hydrogen-bond donors (Lipinski definition) is 2. The molecule has 1 atom stereocenters. The summed E-state index contributed by atoms with van der Waals surface area (Å²) in [6.45, 7) is 1.86. The standard InChI is InChI=1S/C15H15ClFN3O/c1-9(11-5-12(17)8-19-7-11)20-14-6-10(15(21)18-2)3-4-13(14)16/h3-9,20H,1-2H3,(H,18,21). The number of nitrogens with zero attached hydrogens (tertiary/aromatic N) is 1. The summed E-state index contributed by atoms with van der Waals surface area (Å²) in [6, 6.07) is 6.14. The average Bonchev–Trinajstić information content (AvgIpc) is 2.48. The molecule has 0 saturated carbocycles. The van der Waals surface area contributed by atoms with Crippen molar-refractivity contribution in [2.45, 2.75) is 13.0 Å². The molecular weight excluding hydrogens is 293 g/mol. The van der Waals surface area contributed by atoms with Crippen molar-refractivity contribution >= 4 is 23.2 Å². The molecule has 0 aliphatic rings. The Labute approximate surface area is 127 Å². The highest BCUT2D eigenvalue weighted by Crippen LogP contribution is 2.27. The smallest absolute Gasteiger partial charge is 0.251 e. The van der Waals surface area contributed by atoms with E-state index in [9.17, 15) is 9.18 Å². The minimum Gasteiger partial charge on any atom is -0.377 e.